The van der Waals surface area contributed by atoms with Crippen LogP contribution in [0.25, 0.3) is 0 Å². The Kier molecular flexibility index (Phi) is 4.93. The van der Waals surface area contributed by atoms with Crippen molar-refractivity contribution in [1.82, 2.24) is 9.36 Å². The molecule has 1 aromatic heterocycles. The third-order valence-corrected chi connectivity index (χ3v) is 4.37. The maximum Gasteiger partial charge on any atom is 0.176 e. The van der Waals surface area contributed by atoms with Gasteiger partial charge in [0.25, 0.3) is 0 Å². The zero-order valence-corrected chi connectivity index (χ0v) is 12.4. The maximum absolute atomic E-state index is 12.1. The molecule has 1 aromatic carbocycles. The van der Waals surface area contributed by atoms with Gasteiger partial charge < -0.3 is 4.74 Å². The highest BCUT2D eigenvalue weighted by atomic mass is 32.2. The van der Waals surface area contributed by atoms with Crippen molar-refractivity contribution in [2.75, 3.05) is 12.9 Å². The molecule has 2 rings (SSSR count). The molecule has 0 aliphatic carbocycles. The topological polar surface area (TPSA) is 52.1 Å². The number of hydrogen-bond acceptors (Lipinski definition) is 6. The van der Waals surface area contributed by atoms with E-state index >= 15 is 0 Å². The largest absolute Gasteiger partial charge is 0.496 e. The average Bonchev–Trinajstić information content (AvgIpc) is 2.92. The van der Waals surface area contributed by atoms with E-state index in [9.17, 15) is 4.79 Å². The van der Waals surface area contributed by atoms with Crippen LogP contribution >= 0.6 is 23.3 Å². The Morgan fingerprint density at radius 3 is 2.89 bits per heavy atom. The molecule has 6 heteroatoms. The van der Waals surface area contributed by atoms with E-state index in [1.165, 1.54) is 23.3 Å². The lowest BCUT2D eigenvalue weighted by Gasteiger charge is -2.05. The molecule has 4 nitrogen and oxygen atoms in total. The molecular formula is C13H14N2O2S2. The van der Waals surface area contributed by atoms with Gasteiger partial charge in [-0.3, -0.25) is 4.79 Å². The van der Waals surface area contributed by atoms with Crippen LogP contribution in [0, 0.1) is 0 Å². The molecule has 0 amide bonds. The monoisotopic (exact) mass is 294 g/mol. The molecular weight excluding hydrogens is 280 g/mol. The molecule has 0 atom stereocenters. The fraction of sp³-hybridized carbons (Fsp3) is 0.308. The molecule has 0 aliphatic heterocycles. The summed E-state index contributed by atoms with van der Waals surface area (Å²) in [5, 5.41) is 0. The van der Waals surface area contributed by atoms with E-state index in [-0.39, 0.29) is 5.78 Å². The lowest BCUT2D eigenvalue weighted by atomic mass is 10.1. The Morgan fingerprint density at radius 1 is 1.42 bits per heavy atom. The number of thioether (sulfide) groups is 1. The van der Waals surface area contributed by atoms with E-state index in [1.807, 2.05) is 19.1 Å². The van der Waals surface area contributed by atoms with E-state index in [0.717, 1.165) is 16.6 Å². The van der Waals surface area contributed by atoms with Gasteiger partial charge >= 0.3 is 0 Å². The van der Waals surface area contributed by atoms with Crippen LogP contribution in [0.4, 0.5) is 0 Å². The van der Waals surface area contributed by atoms with Gasteiger partial charge in [-0.15, -0.1) is 0 Å². The highest BCUT2D eigenvalue weighted by Gasteiger charge is 2.13. The number of para-hydroxylation sites is 1. The number of aromatic nitrogens is 2. The van der Waals surface area contributed by atoms with Crippen LogP contribution in [0.3, 0.4) is 0 Å². The second kappa shape index (κ2) is 6.68. The SMILES string of the molecule is CCc1nsc(SCC(=O)c2ccccc2OC)n1. The van der Waals surface area contributed by atoms with Crippen LogP contribution in [0.5, 0.6) is 5.75 Å². The van der Waals surface area contributed by atoms with Gasteiger partial charge in [0, 0.05) is 6.42 Å². The summed E-state index contributed by atoms with van der Waals surface area (Å²) in [6.07, 6.45) is 0.817. The first-order valence-electron chi connectivity index (χ1n) is 5.86. The van der Waals surface area contributed by atoms with Crippen molar-refractivity contribution in [3.05, 3.63) is 35.7 Å². The van der Waals surface area contributed by atoms with Crippen molar-refractivity contribution < 1.29 is 9.53 Å². The van der Waals surface area contributed by atoms with E-state index in [0.29, 0.717) is 17.1 Å². The summed E-state index contributed by atoms with van der Waals surface area (Å²) in [7, 11) is 1.57. The third-order valence-electron chi connectivity index (χ3n) is 2.50. The lowest BCUT2D eigenvalue weighted by Crippen LogP contribution is -2.04. The summed E-state index contributed by atoms with van der Waals surface area (Å²) >= 11 is 2.76. The molecule has 100 valence electrons. The number of Topliss-reactive ketones (excluding diaryl/α,β-unsaturated/α-hetero) is 1. The fourth-order valence-corrected chi connectivity index (χ4v) is 3.10. The van der Waals surface area contributed by atoms with Crippen LogP contribution in [-0.4, -0.2) is 28.0 Å². The van der Waals surface area contributed by atoms with Gasteiger partial charge in [0.2, 0.25) is 0 Å². The molecule has 0 N–H and O–H groups in total. The van der Waals surface area contributed by atoms with E-state index < -0.39 is 0 Å². The Balaban J connectivity index is 2.01. The number of carbonyl (C=O) groups is 1. The summed E-state index contributed by atoms with van der Waals surface area (Å²) in [6, 6.07) is 7.25. The summed E-state index contributed by atoms with van der Waals surface area (Å²) in [4.78, 5) is 16.5. The van der Waals surface area contributed by atoms with Gasteiger partial charge in [-0.25, -0.2) is 4.98 Å². The number of carbonyl (C=O) groups excluding carboxylic acids is 1. The maximum atomic E-state index is 12.1. The molecule has 0 radical (unpaired) electrons. The number of rotatable bonds is 6. The number of methoxy groups -OCH3 is 1. The average molecular weight is 294 g/mol. The van der Waals surface area contributed by atoms with Gasteiger partial charge in [-0.2, -0.15) is 4.37 Å². The standard InChI is InChI=1S/C13H14N2O2S2/c1-3-12-14-13(19-15-12)18-8-10(16)9-6-4-5-7-11(9)17-2/h4-7H,3,8H2,1-2H3. The molecule has 0 bridgehead atoms. The quantitative estimate of drug-likeness (QED) is 0.605. The first-order valence-corrected chi connectivity index (χ1v) is 7.62. The van der Waals surface area contributed by atoms with Gasteiger partial charge in [0.05, 0.1) is 18.4 Å². The molecule has 0 saturated carbocycles. The summed E-state index contributed by atoms with van der Waals surface area (Å²) in [6.45, 7) is 2.01. The van der Waals surface area contributed by atoms with Gasteiger partial charge in [-0.1, -0.05) is 30.8 Å². The number of benzene rings is 1. The van der Waals surface area contributed by atoms with Crippen LogP contribution in [-0.2, 0) is 6.42 Å². The van der Waals surface area contributed by atoms with Gasteiger partial charge in [0.15, 0.2) is 10.1 Å². The minimum Gasteiger partial charge on any atom is -0.496 e. The number of nitrogens with zero attached hydrogens (tertiary/aromatic N) is 2. The van der Waals surface area contributed by atoms with E-state index in [4.69, 9.17) is 4.74 Å². The van der Waals surface area contributed by atoms with Crippen molar-refractivity contribution in [2.24, 2.45) is 0 Å². The molecule has 0 fully saturated rings. The summed E-state index contributed by atoms with van der Waals surface area (Å²) in [5.41, 5.74) is 0.609. The van der Waals surface area contributed by atoms with Crippen molar-refractivity contribution >= 4 is 29.1 Å². The predicted molar refractivity (Wildman–Crippen MR) is 77.3 cm³/mol. The van der Waals surface area contributed by atoms with E-state index in [1.54, 1.807) is 19.2 Å². The van der Waals surface area contributed by atoms with Gasteiger partial charge in [-0.05, 0) is 23.7 Å². The second-order valence-corrected chi connectivity index (χ2v) is 5.72. The number of hydrogen-bond donors (Lipinski definition) is 0. The lowest BCUT2D eigenvalue weighted by molar-refractivity contribution is 0.101. The van der Waals surface area contributed by atoms with Crippen LogP contribution in [0.15, 0.2) is 28.6 Å². The molecule has 0 saturated heterocycles. The first-order chi connectivity index (χ1) is 9.24. The molecule has 0 spiro atoms. The third kappa shape index (κ3) is 3.54. The highest BCUT2D eigenvalue weighted by molar-refractivity contribution is 8.01. The minimum absolute atomic E-state index is 0.0377. The summed E-state index contributed by atoms with van der Waals surface area (Å²) < 4.78 is 10.2. The van der Waals surface area contributed by atoms with Crippen LogP contribution < -0.4 is 4.74 Å². The molecule has 0 aliphatic rings. The number of ether oxygens (including phenoxy) is 1. The normalized spacial score (nSPS) is 10.4. The van der Waals surface area contributed by atoms with Crippen molar-refractivity contribution in [3.8, 4) is 5.75 Å². The van der Waals surface area contributed by atoms with Crippen molar-refractivity contribution in [1.29, 1.82) is 0 Å². The number of ketones is 1. The molecule has 19 heavy (non-hydrogen) atoms. The van der Waals surface area contributed by atoms with Crippen molar-refractivity contribution in [2.45, 2.75) is 17.7 Å². The zero-order valence-electron chi connectivity index (χ0n) is 10.8. The minimum atomic E-state index is 0.0377. The molecule has 0 unspecified atom stereocenters. The van der Waals surface area contributed by atoms with Crippen molar-refractivity contribution in [3.63, 3.8) is 0 Å². The fourth-order valence-electron chi connectivity index (χ4n) is 1.52. The predicted octanol–water partition coefficient (Wildman–Crippen LogP) is 3.08. The van der Waals surface area contributed by atoms with Gasteiger partial charge in [0.1, 0.15) is 11.6 Å². The molecule has 1 heterocycles. The smallest absolute Gasteiger partial charge is 0.176 e. The number of aryl methyl sites for hydroxylation is 1. The Hall–Kier alpha value is -1.40. The Labute approximate surface area is 120 Å². The van der Waals surface area contributed by atoms with Crippen LogP contribution in [0.2, 0.25) is 0 Å². The highest BCUT2D eigenvalue weighted by Crippen LogP contribution is 2.24. The van der Waals surface area contributed by atoms with Crippen LogP contribution in [0.1, 0.15) is 23.1 Å². The second-order valence-electron chi connectivity index (χ2n) is 3.74. The Morgan fingerprint density at radius 2 is 2.21 bits per heavy atom. The first kappa shape index (κ1) is 14.0. The molecule has 2 aromatic rings. The van der Waals surface area contributed by atoms with E-state index in [2.05, 4.69) is 9.36 Å². The Bertz CT molecular complexity index is 569. The summed E-state index contributed by atoms with van der Waals surface area (Å²) in [5.74, 6) is 1.83. The zero-order chi connectivity index (χ0) is 13.7.